The average molecular weight is 134 g/mol. The highest BCUT2D eigenvalue weighted by Crippen LogP contribution is 2.01. The first-order chi connectivity index (χ1) is 4.70. The molecular weight excluding hydrogens is 122 g/mol. The predicted molar refractivity (Wildman–Crippen MR) is 42.9 cm³/mol. The monoisotopic (exact) mass is 134 g/mol. The van der Waals surface area contributed by atoms with Crippen LogP contribution in [0.2, 0.25) is 0 Å². The van der Waals surface area contributed by atoms with Crippen molar-refractivity contribution in [3.05, 3.63) is 35.4 Å². The van der Waals surface area contributed by atoms with Gasteiger partial charge in [0.05, 0.1) is 0 Å². The Hall–Kier alpha value is -1.11. The first-order valence-electron chi connectivity index (χ1n) is 3.36. The fourth-order valence-corrected chi connectivity index (χ4v) is 0.816. The van der Waals surface area contributed by atoms with Crippen LogP contribution < -0.4 is 5.41 Å². The largest absolute Gasteiger partial charge is 0.258 e. The standard InChI is InChI=1S/C9H11N/c1-7-3-5-9(6-4-7)8(2)10/h3-6,10H,1-2H3/p+1. The summed E-state index contributed by atoms with van der Waals surface area (Å²) in [6, 6.07) is 8.19. The molecule has 2 N–H and O–H groups in total. The number of hydrogen-bond donors (Lipinski definition) is 1. The van der Waals surface area contributed by atoms with Gasteiger partial charge >= 0.3 is 0 Å². The highest BCUT2D eigenvalue weighted by Gasteiger charge is 1.96. The molecule has 0 fully saturated rings. The Bertz CT molecular complexity index is 233. The molecule has 1 aromatic rings. The van der Waals surface area contributed by atoms with Gasteiger partial charge in [-0.1, -0.05) is 17.7 Å². The summed E-state index contributed by atoms with van der Waals surface area (Å²) in [4.78, 5) is 0. The number of hydrogen-bond acceptors (Lipinski definition) is 0. The second-order valence-electron chi connectivity index (χ2n) is 2.55. The van der Waals surface area contributed by atoms with Crippen molar-refractivity contribution >= 4 is 5.71 Å². The number of aryl methyl sites for hydroxylation is 1. The molecule has 0 saturated carbocycles. The van der Waals surface area contributed by atoms with Gasteiger partial charge in [0.1, 0.15) is 0 Å². The topological polar surface area (TPSA) is 25.6 Å². The average Bonchev–Trinajstić information content (AvgIpc) is 1.88. The first-order valence-corrected chi connectivity index (χ1v) is 3.36. The van der Waals surface area contributed by atoms with Gasteiger partial charge in [-0.15, -0.1) is 0 Å². The summed E-state index contributed by atoms with van der Waals surface area (Å²) in [7, 11) is 0. The minimum atomic E-state index is 0.875. The minimum absolute atomic E-state index is 0.875. The van der Waals surface area contributed by atoms with E-state index in [1.54, 1.807) is 0 Å². The second-order valence-corrected chi connectivity index (χ2v) is 2.55. The van der Waals surface area contributed by atoms with Crippen LogP contribution in [0.1, 0.15) is 18.1 Å². The third-order valence-electron chi connectivity index (χ3n) is 1.51. The van der Waals surface area contributed by atoms with Crippen LogP contribution in [0.4, 0.5) is 0 Å². The van der Waals surface area contributed by atoms with Crippen LogP contribution in [0.25, 0.3) is 0 Å². The SMILES string of the molecule is CC(=[NH2+])c1ccc(C)cc1. The van der Waals surface area contributed by atoms with Gasteiger partial charge in [-0.25, -0.2) is 0 Å². The van der Waals surface area contributed by atoms with Crippen LogP contribution in [0.3, 0.4) is 0 Å². The van der Waals surface area contributed by atoms with E-state index in [2.05, 4.69) is 19.1 Å². The smallest absolute Gasteiger partial charge is 0.176 e. The van der Waals surface area contributed by atoms with Gasteiger partial charge in [0.25, 0.3) is 0 Å². The van der Waals surface area contributed by atoms with Crippen molar-refractivity contribution in [2.24, 2.45) is 0 Å². The van der Waals surface area contributed by atoms with Gasteiger partial charge in [0.15, 0.2) is 5.71 Å². The molecule has 0 atom stereocenters. The van der Waals surface area contributed by atoms with Gasteiger partial charge in [0, 0.05) is 12.5 Å². The van der Waals surface area contributed by atoms with Crippen LogP contribution in [-0.4, -0.2) is 5.71 Å². The Morgan fingerprint density at radius 3 is 2.10 bits per heavy atom. The molecule has 0 aromatic heterocycles. The van der Waals surface area contributed by atoms with Gasteiger partial charge in [0.2, 0.25) is 0 Å². The molecule has 0 amide bonds. The lowest BCUT2D eigenvalue weighted by Crippen LogP contribution is -2.37. The van der Waals surface area contributed by atoms with Crippen molar-refractivity contribution in [3.63, 3.8) is 0 Å². The molecule has 0 aliphatic carbocycles. The fourth-order valence-electron chi connectivity index (χ4n) is 0.816. The Labute approximate surface area is 61.2 Å². The lowest BCUT2D eigenvalue weighted by atomic mass is 10.1. The number of nitrogens with two attached hydrogens (primary N) is 1. The van der Waals surface area contributed by atoms with E-state index in [-0.39, 0.29) is 0 Å². The zero-order valence-electron chi connectivity index (χ0n) is 6.39. The minimum Gasteiger partial charge on any atom is -0.258 e. The second kappa shape index (κ2) is 2.65. The van der Waals surface area contributed by atoms with E-state index < -0.39 is 0 Å². The van der Waals surface area contributed by atoms with E-state index in [0.29, 0.717) is 0 Å². The zero-order valence-corrected chi connectivity index (χ0v) is 6.39. The van der Waals surface area contributed by atoms with Crippen molar-refractivity contribution in [2.75, 3.05) is 0 Å². The van der Waals surface area contributed by atoms with E-state index in [9.17, 15) is 0 Å². The third kappa shape index (κ3) is 1.44. The molecule has 0 spiro atoms. The molecule has 52 valence electrons. The lowest BCUT2D eigenvalue weighted by Gasteiger charge is -1.93. The van der Waals surface area contributed by atoms with Gasteiger partial charge in [-0.3, -0.25) is 5.41 Å². The maximum absolute atomic E-state index is 5.58. The molecule has 0 aliphatic heterocycles. The molecule has 1 rings (SSSR count). The summed E-state index contributed by atoms with van der Waals surface area (Å²) in [6.45, 7) is 3.97. The molecule has 1 aromatic carbocycles. The Morgan fingerprint density at radius 2 is 1.70 bits per heavy atom. The maximum atomic E-state index is 5.58. The van der Waals surface area contributed by atoms with Crippen LogP contribution in [0, 0.1) is 6.92 Å². The summed E-state index contributed by atoms with van der Waals surface area (Å²) in [6.07, 6.45) is 0. The Balaban J connectivity index is 3.00. The van der Waals surface area contributed by atoms with Crippen molar-refractivity contribution in [1.29, 1.82) is 0 Å². The molecular formula is C9H12N+. The Morgan fingerprint density at radius 1 is 1.20 bits per heavy atom. The molecule has 0 unspecified atom stereocenters. The highest BCUT2D eigenvalue weighted by atomic mass is 14.4. The Kier molecular flexibility index (Phi) is 1.86. The maximum Gasteiger partial charge on any atom is 0.176 e. The molecule has 1 nitrogen and oxygen atoms in total. The lowest BCUT2D eigenvalue weighted by molar-refractivity contribution is -0.113. The van der Waals surface area contributed by atoms with Crippen molar-refractivity contribution in [2.45, 2.75) is 13.8 Å². The van der Waals surface area contributed by atoms with Crippen LogP contribution in [0.5, 0.6) is 0 Å². The molecule has 0 bridgehead atoms. The van der Waals surface area contributed by atoms with Crippen molar-refractivity contribution < 1.29 is 5.41 Å². The van der Waals surface area contributed by atoms with E-state index in [4.69, 9.17) is 5.41 Å². The quantitative estimate of drug-likeness (QED) is 0.543. The summed E-state index contributed by atoms with van der Waals surface area (Å²) in [5.41, 5.74) is 3.26. The summed E-state index contributed by atoms with van der Waals surface area (Å²) < 4.78 is 0. The summed E-state index contributed by atoms with van der Waals surface area (Å²) in [5.74, 6) is 0. The highest BCUT2D eigenvalue weighted by molar-refractivity contribution is 5.93. The summed E-state index contributed by atoms with van der Waals surface area (Å²) in [5, 5.41) is 5.58. The van der Waals surface area contributed by atoms with Gasteiger partial charge in [-0.2, -0.15) is 0 Å². The van der Waals surface area contributed by atoms with Crippen LogP contribution in [0.15, 0.2) is 24.3 Å². The summed E-state index contributed by atoms with van der Waals surface area (Å²) >= 11 is 0. The van der Waals surface area contributed by atoms with E-state index in [1.807, 2.05) is 19.1 Å². The van der Waals surface area contributed by atoms with E-state index in [0.717, 1.165) is 11.3 Å². The normalized spacial score (nSPS) is 9.40. The molecule has 0 saturated heterocycles. The molecule has 1 heteroatoms. The first kappa shape index (κ1) is 7.00. The molecule has 0 radical (unpaired) electrons. The number of rotatable bonds is 1. The van der Waals surface area contributed by atoms with E-state index >= 15 is 0 Å². The molecule has 0 aliphatic rings. The molecule has 0 heterocycles. The zero-order chi connectivity index (χ0) is 7.56. The van der Waals surface area contributed by atoms with E-state index in [1.165, 1.54) is 5.56 Å². The fraction of sp³-hybridized carbons (Fsp3) is 0.222. The van der Waals surface area contributed by atoms with Crippen LogP contribution in [-0.2, 0) is 0 Å². The van der Waals surface area contributed by atoms with Gasteiger partial charge in [-0.05, 0) is 19.1 Å². The van der Waals surface area contributed by atoms with Crippen molar-refractivity contribution in [1.82, 2.24) is 0 Å². The molecule has 10 heavy (non-hydrogen) atoms. The van der Waals surface area contributed by atoms with Crippen LogP contribution >= 0.6 is 0 Å². The third-order valence-corrected chi connectivity index (χ3v) is 1.51. The van der Waals surface area contributed by atoms with Crippen molar-refractivity contribution in [3.8, 4) is 0 Å². The predicted octanol–water partition coefficient (Wildman–Crippen LogP) is 0.563. The van der Waals surface area contributed by atoms with Gasteiger partial charge < -0.3 is 0 Å². The number of benzene rings is 1.